The normalized spacial score (nSPS) is 10.2. The van der Waals surface area contributed by atoms with Gasteiger partial charge in [-0.15, -0.1) is 0 Å². The van der Waals surface area contributed by atoms with Crippen molar-refractivity contribution in [1.29, 1.82) is 0 Å². The molecule has 0 spiro atoms. The van der Waals surface area contributed by atoms with Crippen LogP contribution in [0.1, 0.15) is 12.5 Å². The number of aromatic nitrogens is 2. The summed E-state index contributed by atoms with van der Waals surface area (Å²) >= 11 is 3.44. The Morgan fingerprint density at radius 1 is 1.22 bits per heavy atom. The van der Waals surface area contributed by atoms with Gasteiger partial charge < -0.3 is 10.6 Å². The molecule has 0 radical (unpaired) electrons. The second kappa shape index (κ2) is 5.82. The van der Waals surface area contributed by atoms with E-state index in [-0.39, 0.29) is 0 Å². The Morgan fingerprint density at radius 3 is 2.61 bits per heavy atom. The fraction of sp³-hybridized carbons (Fsp3) is 0.231. The highest BCUT2D eigenvalue weighted by Crippen LogP contribution is 2.24. The molecule has 1 aromatic heterocycles. The van der Waals surface area contributed by atoms with Crippen LogP contribution in [0.2, 0.25) is 0 Å². The molecule has 4 nitrogen and oxygen atoms in total. The Kier molecular flexibility index (Phi) is 4.15. The Bertz CT molecular complexity index is 525. The average molecular weight is 307 g/mol. The second-order valence-corrected chi connectivity index (χ2v) is 4.77. The molecule has 0 aliphatic heterocycles. The summed E-state index contributed by atoms with van der Waals surface area (Å²) in [5.74, 6) is 1.38. The zero-order valence-corrected chi connectivity index (χ0v) is 12.0. The first kappa shape index (κ1) is 12.8. The zero-order chi connectivity index (χ0) is 13.0. The van der Waals surface area contributed by atoms with Crippen molar-refractivity contribution in [3.8, 4) is 0 Å². The van der Waals surface area contributed by atoms with Gasteiger partial charge in [0.1, 0.15) is 5.82 Å². The van der Waals surface area contributed by atoms with E-state index in [1.54, 1.807) is 6.20 Å². The van der Waals surface area contributed by atoms with E-state index < -0.39 is 0 Å². The van der Waals surface area contributed by atoms with Crippen molar-refractivity contribution in [2.45, 2.75) is 13.8 Å². The van der Waals surface area contributed by atoms with E-state index in [2.05, 4.69) is 55.6 Å². The molecule has 1 aromatic carbocycles. The van der Waals surface area contributed by atoms with Crippen LogP contribution in [-0.2, 0) is 0 Å². The van der Waals surface area contributed by atoms with E-state index in [9.17, 15) is 0 Å². The van der Waals surface area contributed by atoms with Crippen molar-refractivity contribution >= 4 is 33.4 Å². The fourth-order valence-corrected chi connectivity index (χ4v) is 1.76. The third-order valence-corrected chi connectivity index (χ3v) is 2.97. The third kappa shape index (κ3) is 3.20. The maximum Gasteiger partial charge on any atom is 0.224 e. The van der Waals surface area contributed by atoms with Crippen molar-refractivity contribution in [2.75, 3.05) is 17.2 Å². The molecule has 94 valence electrons. The maximum absolute atomic E-state index is 4.40. The summed E-state index contributed by atoms with van der Waals surface area (Å²) in [6, 6.07) is 8.17. The van der Waals surface area contributed by atoms with E-state index in [4.69, 9.17) is 0 Å². The summed E-state index contributed by atoms with van der Waals surface area (Å²) in [7, 11) is 0. The lowest BCUT2D eigenvalue weighted by molar-refractivity contribution is 1.08. The standard InChI is InChI=1S/C13H15BrN4/c1-3-15-13-16-8-11(14)12(18-13)17-10-6-4-9(2)5-7-10/h4-8H,3H2,1-2H3,(H2,15,16,17,18). The quantitative estimate of drug-likeness (QED) is 0.904. The Hall–Kier alpha value is -1.62. The van der Waals surface area contributed by atoms with Crippen LogP contribution in [0, 0.1) is 6.92 Å². The van der Waals surface area contributed by atoms with Crippen molar-refractivity contribution < 1.29 is 0 Å². The first-order valence-electron chi connectivity index (χ1n) is 5.79. The van der Waals surface area contributed by atoms with E-state index in [1.165, 1.54) is 5.56 Å². The van der Waals surface area contributed by atoms with Crippen LogP contribution >= 0.6 is 15.9 Å². The second-order valence-electron chi connectivity index (χ2n) is 3.91. The highest BCUT2D eigenvalue weighted by molar-refractivity contribution is 9.10. The summed E-state index contributed by atoms with van der Waals surface area (Å²) < 4.78 is 0.838. The van der Waals surface area contributed by atoms with E-state index in [1.807, 2.05) is 19.1 Å². The first-order valence-corrected chi connectivity index (χ1v) is 6.58. The molecule has 0 aliphatic rings. The van der Waals surface area contributed by atoms with Gasteiger partial charge in [-0.1, -0.05) is 17.7 Å². The molecule has 0 saturated carbocycles. The molecule has 2 N–H and O–H groups in total. The van der Waals surface area contributed by atoms with Gasteiger partial charge in [0.15, 0.2) is 0 Å². The van der Waals surface area contributed by atoms with Crippen LogP contribution in [0.15, 0.2) is 34.9 Å². The Balaban J connectivity index is 2.22. The van der Waals surface area contributed by atoms with E-state index in [0.29, 0.717) is 5.95 Å². The van der Waals surface area contributed by atoms with Crippen LogP contribution < -0.4 is 10.6 Å². The number of aryl methyl sites for hydroxylation is 1. The van der Waals surface area contributed by atoms with Gasteiger partial charge in [0.05, 0.1) is 4.47 Å². The molecule has 0 amide bonds. The number of rotatable bonds is 4. The van der Waals surface area contributed by atoms with E-state index >= 15 is 0 Å². The smallest absolute Gasteiger partial charge is 0.224 e. The largest absolute Gasteiger partial charge is 0.354 e. The van der Waals surface area contributed by atoms with Crippen molar-refractivity contribution in [3.63, 3.8) is 0 Å². The highest BCUT2D eigenvalue weighted by atomic mass is 79.9. The minimum atomic E-state index is 0.621. The van der Waals surface area contributed by atoms with Gasteiger partial charge in [-0.05, 0) is 41.9 Å². The van der Waals surface area contributed by atoms with Gasteiger partial charge in [0.25, 0.3) is 0 Å². The Morgan fingerprint density at radius 2 is 1.94 bits per heavy atom. The fourth-order valence-electron chi connectivity index (χ4n) is 1.47. The number of halogens is 1. The van der Waals surface area contributed by atoms with Gasteiger partial charge >= 0.3 is 0 Å². The topological polar surface area (TPSA) is 49.8 Å². The molecule has 2 rings (SSSR count). The molecule has 18 heavy (non-hydrogen) atoms. The number of nitrogens with one attached hydrogen (secondary N) is 2. The maximum atomic E-state index is 4.40. The monoisotopic (exact) mass is 306 g/mol. The van der Waals surface area contributed by atoms with E-state index in [0.717, 1.165) is 22.5 Å². The van der Waals surface area contributed by atoms with Crippen LogP contribution in [0.4, 0.5) is 17.5 Å². The molecule has 2 aromatic rings. The highest BCUT2D eigenvalue weighted by Gasteiger charge is 2.04. The lowest BCUT2D eigenvalue weighted by Gasteiger charge is -2.09. The SMILES string of the molecule is CCNc1ncc(Br)c(Nc2ccc(C)cc2)n1. The number of benzene rings is 1. The number of hydrogen-bond acceptors (Lipinski definition) is 4. The molecule has 0 bridgehead atoms. The van der Waals surface area contributed by atoms with Gasteiger partial charge in [0.2, 0.25) is 5.95 Å². The molecule has 0 fully saturated rings. The lowest BCUT2D eigenvalue weighted by atomic mass is 10.2. The minimum absolute atomic E-state index is 0.621. The van der Waals surface area contributed by atoms with Gasteiger partial charge in [-0.3, -0.25) is 0 Å². The molecule has 0 unspecified atom stereocenters. The molecule has 0 saturated heterocycles. The number of nitrogens with zero attached hydrogens (tertiary/aromatic N) is 2. The summed E-state index contributed by atoms with van der Waals surface area (Å²) in [6.45, 7) is 4.87. The number of anilines is 3. The van der Waals surface area contributed by atoms with Crippen molar-refractivity contribution in [3.05, 3.63) is 40.5 Å². The molecule has 0 atom stereocenters. The van der Waals surface area contributed by atoms with Crippen molar-refractivity contribution in [1.82, 2.24) is 9.97 Å². The van der Waals surface area contributed by atoms with Crippen LogP contribution in [0.3, 0.4) is 0 Å². The summed E-state index contributed by atoms with van der Waals surface area (Å²) in [5, 5.41) is 6.35. The summed E-state index contributed by atoms with van der Waals surface area (Å²) in [4.78, 5) is 8.57. The predicted octanol–water partition coefficient (Wildman–Crippen LogP) is 3.72. The third-order valence-electron chi connectivity index (χ3n) is 2.39. The molecule has 1 heterocycles. The Labute approximate surface area is 115 Å². The van der Waals surface area contributed by atoms with Gasteiger partial charge in [-0.2, -0.15) is 4.98 Å². The number of hydrogen-bond donors (Lipinski definition) is 2. The first-order chi connectivity index (χ1) is 8.69. The van der Waals surface area contributed by atoms with Crippen LogP contribution in [0.25, 0.3) is 0 Å². The predicted molar refractivity (Wildman–Crippen MR) is 78.4 cm³/mol. The zero-order valence-electron chi connectivity index (χ0n) is 10.4. The minimum Gasteiger partial charge on any atom is -0.354 e. The average Bonchev–Trinajstić information content (AvgIpc) is 2.36. The molecular formula is C13H15BrN4. The van der Waals surface area contributed by atoms with Crippen molar-refractivity contribution in [2.24, 2.45) is 0 Å². The van der Waals surface area contributed by atoms with Crippen LogP contribution in [0.5, 0.6) is 0 Å². The molecule has 5 heteroatoms. The molecule has 0 aliphatic carbocycles. The summed E-state index contributed by atoms with van der Waals surface area (Å²) in [5.41, 5.74) is 2.23. The molecular weight excluding hydrogens is 292 g/mol. The van der Waals surface area contributed by atoms with Gasteiger partial charge in [-0.25, -0.2) is 4.98 Å². The lowest BCUT2D eigenvalue weighted by Crippen LogP contribution is -2.04. The van der Waals surface area contributed by atoms with Gasteiger partial charge in [0, 0.05) is 18.4 Å². The summed E-state index contributed by atoms with van der Waals surface area (Å²) in [6.07, 6.45) is 1.74. The van der Waals surface area contributed by atoms with Crippen LogP contribution in [-0.4, -0.2) is 16.5 Å².